The van der Waals surface area contributed by atoms with Crippen LogP contribution in [-0.2, 0) is 0 Å². The van der Waals surface area contributed by atoms with E-state index in [1.165, 1.54) is 58.2 Å². The van der Waals surface area contributed by atoms with Gasteiger partial charge in [-0.25, -0.2) is 0 Å². The molecule has 0 spiro atoms. The lowest BCUT2D eigenvalue weighted by molar-refractivity contribution is 0.130. The number of hydrogen-bond acceptors (Lipinski definition) is 3. The number of nitrogens with one attached hydrogen (secondary N) is 1. The molecule has 0 aromatic heterocycles. The number of rotatable bonds is 5. The minimum atomic E-state index is 0.387. The largest absolute Gasteiger partial charge is 0.396 e. The van der Waals surface area contributed by atoms with Crippen molar-refractivity contribution in [3.05, 3.63) is 0 Å². The number of piperidine rings is 1. The van der Waals surface area contributed by atoms with Crippen molar-refractivity contribution in [3.8, 4) is 0 Å². The second kappa shape index (κ2) is 7.46. The van der Waals surface area contributed by atoms with Crippen molar-refractivity contribution < 1.29 is 5.11 Å². The summed E-state index contributed by atoms with van der Waals surface area (Å²) in [6.45, 7) is 5.19. The zero-order chi connectivity index (χ0) is 12.8. The molecule has 2 rings (SSSR count). The number of nitrogens with zero attached hydrogens (tertiary/aromatic N) is 1. The van der Waals surface area contributed by atoms with Crippen LogP contribution in [0.15, 0.2) is 0 Å². The molecule has 106 valence electrons. The Balaban J connectivity index is 1.64. The Kier molecular flexibility index (Phi) is 5.93. The summed E-state index contributed by atoms with van der Waals surface area (Å²) in [5, 5.41) is 13.1. The van der Waals surface area contributed by atoms with E-state index in [0.29, 0.717) is 18.4 Å². The summed E-state index contributed by atoms with van der Waals surface area (Å²) in [7, 11) is 2.23. The zero-order valence-corrected chi connectivity index (χ0v) is 11.9. The molecular formula is C15H30N2O. The second-order valence-corrected chi connectivity index (χ2v) is 6.42. The van der Waals surface area contributed by atoms with E-state index < -0.39 is 0 Å². The SMILES string of the molecule is CN1CCCC(CNCC2CCCCC2CO)C1. The summed E-state index contributed by atoms with van der Waals surface area (Å²) < 4.78 is 0. The molecule has 3 heteroatoms. The lowest BCUT2D eigenvalue weighted by atomic mass is 9.79. The van der Waals surface area contributed by atoms with Crippen molar-refractivity contribution in [2.24, 2.45) is 17.8 Å². The molecule has 0 aromatic carbocycles. The summed E-state index contributed by atoms with van der Waals surface area (Å²) in [5.74, 6) is 2.10. The Hall–Kier alpha value is -0.120. The molecule has 3 atom stereocenters. The standard InChI is InChI=1S/C15H30N2O/c1-17-8-4-5-13(11-17)9-16-10-14-6-2-3-7-15(14)12-18/h13-16,18H,2-12H2,1H3. The van der Waals surface area contributed by atoms with Crippen LogP contribution in [0.4, 0.5) is 0 Å². The molecule has 0 amide bonds. The van der Waals surface area contributed by atoms with Gasteiger partial charge in [0.15, 0.2) is 0 Å². The van der Waals surface area contributed by atoms with E-state index in [0.717, 1.165) is 12.5 Å². The molecule has 1 saturated heterocycles. The van der Waals surface area contributed by atoms with Gasteiger partial charge in [-0.1, -0.05) is 12.8 Å². The van der Waals surface area contributed by atoms with Gasteiger partial charge in [0.05, 0.1) is 0 Å². The van der Waals surface area contributed by atoms with Gasteiger partial charge in [-0.3, -0.25) is 0 Å². The zero-order valence-electron chi connectivity index (χ0n) is 11.9. The lowest BCUT2D eigenvalue weighted by Crippen LogP contribution is -2.40. The van der Waals surface area contributed by atoms with E-state index in [1.807, 2.05) is 0 Å². The fourth-order valence-electron chi connectivity index (χ4n) is 3.71. The van der Waals surface area contributed by atoms with Crippen LogP contribution >= 0.6 is 0 Å². The third-order valence-corrected chi connectivity index (χ3v) is 4.86. The van der Waals surface area contributed by atoms with Crippen molar-refractivity contribution >= 4 is 0 Å². The maximum Gasteiger partial charge on any atom is 0.0462 e. The van der Waals surface area contributed by atoms with E-state index >= 15 is 0 Å². The summed E-state index contributed by atoms with van der Waals surface area (Å²) in [6.07, 6.45) is 7.94. The maximum atomic E-state index is 9.41. The minimum absolute atomic E-state index is 0.387. The van der Waals surface area contributed by atoms with E-state index in [4.69, 9.17) is 0 Å². The second-order valence-electron chi connectivity index (χ2n) is 6.42. The smallest absolute Gasteiger partial charge is 0.0462 e. The van der Waals surface area contributed by atoms with E-state index in [-0.39, 0.29) is 0 Å². The first-order valence-corrected chi connectivity index (χ1v) is 7.79. The number of hydrogen-bond donors (Lipinski definition) is 2. The molecule has 2 aliphatic rings. The van der Waals surface area contributed by atoms with Gasteiger partial charge < -0.3 is 15.3 Å². The average Bonchev–Trinajstić information content (AvgIpc) is 2.39. The molecule has 2 fully saturated rings. The molecule has 1 heterocycles. The molecule has 1 aliphatic heterocycles. The van der Waals surface area contributed by atoms with E-state index in [1.54, 1.807) is 0 Å². The van der Waals surface area contributed by atoms with E-state index in [9.17, 15) is 5.11 Å². The van der Waals surface area contributed by atoms with Gasteiger partial charge in [-0.05, 0) is 70.1 Å². The monoisotopic (exact) mass is 254 g/mol. The maximum absolute atomic E-state index is 9.41. The highest BCUT2D eigenvalue weighted by Crippen LogP contribution is 2.29. The van der Waals surface area contributed by atoms with Crippen molar-refractivity contribution in [2.45, 2.75) is 38.5 Å². The van der Waals surface area contributed by atoms with Crippen molar-refractivity contribution in [3.63, 3.8) is 0 Å². The van der Waals surface area contributed by atoms with Crippen LogP contribution < -0.4 is 5.32 Å². The van der Waals surface area contributed by atoms with Gasteiger partial charge >= 0.3 is 0 Å². The van der Waals surface area contributed by atoms with Gasteiger partial charge in [0, 0.05) is 13.2 Å². The van der Waals surface area contributed by atoms with Crippen molar-refractivity contribution in [1.29, 1.82) is 0 Å². The molecule has 3 nitrogen and oxygen atoms in total. The Morgan fingerprint density at radius 2 is 1.83 bits per heavy atom. The number of likely N-dealkylation sites (tertiary alicyclic amines) is 1. The molecular weight excluding hydrogens is 224 g/mol. The summed E-state index contributed by atoms with van der Waals surface area (Å²) in [4.78, 5) is 2.45. The van der Waals surface area contributed by atoms with Gasteiger partial charge in [0.1, 0.15) is 0 Å². The highest BCUT2D eigenvalue weighted by molar-refractivity contribution is 4.78. The predicted octanol–water partition coefficient (Wildman–Crippen LogP) is 1.72. The van der Waals surface area contributed by atoms with Crippen LogP contribution in [0, 0.1) is 17.8 Å². The normalized spacial score (nSPS) is 34.7. The van der Waals surface area contributed by atoms with Crippen LogP contribution in [0.2, 0.25) is 0 Å². The van der Waals surface area contributed by atoms with Crippen LogP contribution in [0.25, 0.3) is 0 Å². The molecule has 1 aliphatic carbocycles. The van der Waals surface area contributed by atoms with Gasteiger partial charge in [-0.15, -0.1) is 0 Å². The highest BCUT2D eigenvalue weighted by atomic mass is 16.3. The van der Waals surface area contributed by atoms with Crippen molar-refractivity contribution in [2.75, 3.05) is 39.8 Å². The van der Waals surface area contributed by atoms with Crippen molar-refractivity contribution in [1.82, 2.24) is 10.2 Å². The lowest BCUT2D eigenvalue weighted by Gasteiger charge is -2.33. The summed E-state index contributed by atoms with van der Waals surface area (Å²) in [5.41, 5.74) is 0. The summed E-state index contributed by atoms with van der Waals surface area (Å²) in [6, 6.07) is 0. The fraction of sp³-hybridized carbons (Fsp3) is 1.00. The topological polar surface area (TPSA) is 35.5 Å². The first-order valence-electron chi connectivity index (χ1n) is 7.79. The number of aliphatic hydroxyl groups is 1. The Bertz CT molecular complexity index is 235. The quantitative estimate of drug-likeness (QED) is 0.784. The Labute approximate surface area is 112 Å². The third-order valence-electron chi connectivity index (χ3n) is 4.86. The van der Waals surface area contributed by atoms with E-state index in [2.05, 4.69) is 17.3 Å². The van der Waals surface area contributed by atoms with Gasteiger partial charge in [0.25, 0.3) is 0 Å². The Morgan fingerprint density at radius 3 is 2.56 bits per heavy atom. The van der Waals surface area contributed by atoms with Crippen LogP contribution in [0.3, 0.4) is 0 Å². The molecule has 2 N–H and O–H groups in total. The predicted molar refractivity (Wildman–Crippen MR) is 75.6 cm³/mol. The first-order chi connectivity index (χ1) is 8.79. The Morgan fingerprint density at radius 1 is 1.06 bits per heavy atom. The fourth-order valence-corrected chi connectivity index (χ4v) is 3.71. The average molecular weight is 254 g/mol. The molecule has 0 radical (unpaired) electrons. The molecule has 0 aromatic rings. The van der Waals surface area contributed by atoms with Gasteiger partial charge in [0.2, 0.25) is 0 Å². The molecule has 3 unspecified atom stereocenters. The van der Waals surface area contributed by atoms with Gasteiger partial charge in [-0.2, -0.15) is 0 Å². The number of aliphatic hydroxyl groups excluding tert-OH is 1. The molecule has 1 saturated carbocycles. The minimum Gasteiger partial charge on any atom is -0.396 e. The summed E-state index contributed by atoms with van der Waals surface area (Å²) >= 11 is 0. The third kappa shape index (κ3) is 4.22. The van der Waals surface area contributed by atoms with Crippen LogP contribution in [-0.4, -0.2) is 49.8 Å². The molecule has 0 bridgehead atoms. The van der Waals surface area contributed by atoms with Crippen LogP contribution in [0.5, 0.6) is 0 Å². The first kappa shape index (κ1) is 14.3. The molecule has 18 heavy (non-hydrogen) atoms. The van der Waals surface area contributed by atoms with Crippen LogP contribution in [0.1, 0.15) is 38.5 Å². The highest BCUT2D eigenvalue weighted by Gasteiger charge is 2.24.